The molecule has 1 aliphatic heterocycles. The largest absolute Gasteiger partial charge is 0.510 e. The molecule has 1 unspecified atom stereocenters. The van der Waals surface area contributed by atoms with Crippen LogP contribution in [0.25, 0.3) is 0 Å². The van der Waals surface area contributed by atoms with E-state index in [1.807, 2.05) is 30.3 Å². The fourth-order valence-corrected chi connectivity index (χ4v) is 1.48. The van der Waals surface area contributed by atoms with Crippen molar-refractivity contribution in [1.29, 1.82) is 0 Å². The molecule has 0 spiro atoms. The molecule has 0 saturated carbocycles. The molecular weight excluding hydrogens is 208 g/mol. The van der Waals surface area contributed by atoms with Crippen LogP contribution in [-0.4, -0.2) is 25.2 Å². The van der Waals surface area contributed by atoms with E-state index in [0.29, 0.717) is 19.6 Å². The molecule has 1 aliphatic rings. The molecule has 0 bridgehead atoms. The lowest BCUT2D eigenvalue weighted by atomic mass is 10.1. The van der Waals surface area contributed by atoms with E-state index in [-0.39, 0.29) is 0 Å². The number of ether oxygens (including phenoxy) is 3. The van der Waals surface area contributed by atoms with Gasteiger partial charge in [0.05, 0.1) is 6.61 Å². The smallest absolute Gasteiger partial charge is 0.435 e. The van der Waals surface area contributed by atoms with Crippen molar-refractivity contribution in [3.8, 4) is 0 Å². The zero-order chi connectivity index (χ0) is 11.4. The molecule has 1 aromatic rings. The van der Waals surface area contributed by atoms with Crippen LogP contribution in [0.2, 0.25) is 0 Å². The molecule has 1 fully saturated rings. The standard InChI is InChI=1S/C12H14O4/c1-2-14-11(13)16-12(9-15-12)8-10-6-4-3-5-7-10/h3-7H,2,8-9H2,1H3. The Labute approximate surface area is 94.1 Å². The second-order valence-electron chi connectivity index (χ2n) is 3.65. The van der Waals surface area contributed by atoms with Crippen molar-refractivity contribution in [2.45, 2.75) is 19.1 Å². The molecule has 1 atom stereocenters. The number of carbonyl (C=O) groups excluding carboxylic acids is 1. The van der Waals surface area contributed by atoms with Gasteiger partial charge in [-0.05, 0) is 12.5 Å². The van der Waals surface area contributed by atoms with Crippen LogP contribution in [0.15, 0.2) is 30.3 Å². The van der Waals surface area contributed by atoms with Crippen molar-refractivity contribution in [2.24, 2.45) is 0 Å². The highest BCUT2D eigenvalue weighted by Crippen LogP contribution is 2.32. The third-order valence-electron chi connectivity index (χ3n) is 2.31. The molecule has 16 heavy (non-hydrogen) atoms. The number of carbonyl (C=O) groups is 1. The SMILES string of the molecule is CCOC(=O)OC1(Cc2ccccc2)CO1. The van der Waals surface area contributed by atoms with Gasteiger partial charge in [-0.3, -0.25) is 0 Å². The van der Waals surface area contributed by atoms with Gasteiger partial charge in [0.1, 0.15) is 6.61 Å². The number of epoxide rings is 1. The van der Waals surface area contributed by atoms with E-state index in [4.69, 9.17) is 14.2 Å². The molecule has 1 heterocycles. The van der Waals surface area contributed by atoms with Crippen LogP contribution in [0.3, 0.4) is 0 Å². The summed E-state index contributed by atoms with van der Waals surface area (Å²) in [6, 6.07) is 9.76. The van der Waals surface area contributed by atoms with E-state index in [9.17, 15) is 4.79 Å². The van der Waals surface area contributed by atoms with Crippen molar-refractivity contribution in [3.63, 3.8) is 0 Å². The molecular formula is C12H14O4. The average molecular weight is 222 g/mol. The predicted molar refractivity (Wildman–Crippen MR) is 56.9 cm³/mol. The maximum absolute atomic E-state index is 11.2. The highest BCUT2D eigenvalue weighted by molar-refractivity contribution is 5.60. The van der Waals surface area contributed by atoms with Gasteiger partial charge in [-0.15, -0.1) is 0 Å². The molecule has 2 rings (SSSR count). The first kappa shape index (κ1) is 11.0. The number of hydrogen-bond donors (Lipinski definition) is 0. The first-order valence-corrected chi connectivity index (χ1v) is 5.28. The third-order valence-corrected chi connectivity index (χ3v) is 2.31. The topological polar surface area (TPSA) is 48.1 Å². The lowest BCUT2D eigenvalue weighted by Gasteiger charge is -2.12. The molecule has 1 aromatic carbocycles. The van der Waals surface area contributed by atoms with Gasteiger partial charge in [0, 0.05) is 6.42 Å². The van der Waals surface area contributed by atoms with Gasteiger partial charge in [-0.1, -0.05) is 30.3 Å². The van der Waals surface area contributed by atoms with Gasteiger partial charge in [0.25, 0.3) is 0 Å². The zero-order valence-corrected chi connectivity index (χ0v) is 9.14. The second-order valence-corrected chi connectivity index (χ2v) is 3.65. The summed E-state index contributed by atoms with van der Waals surface area (Å²) in [5, 5.41) is 0. The molecule has 0 radical (unpaired) electrons. The van der Waals surface area contributed by atoms with Crippen molar-refractivity contribution in [1.82, 2.24) is 0 Å². The van der Waals surface area contributed by atoms with E-state index in [1.165, 1.54) is 0 Å². The Bertz CT molecular complexity index is 357. The summed E-state index contributed by atoms with van der Waals surface area (Å²) < 4.78 is 15.0. The average Bonchev–Trinajstić information content (AvgIpc) is 2.99. The molecule has 1 saturated heterocycles. The summed E-state index contributed by atoms with van der Waals surface area (Å²) >= 11 is 0. The van der Waals surface area contributed by atoms with E-state index in [1.54, 1.807) is 6.92 Å². The van der Waals surface area contributed by atoms with Gasteiger partial charge < -0.3 is 14.2 Å². The van der Waals surface area contributed by atoms with Crippen LogP contribution < -0.4 is 0 Å². The monoisotopic (exact) mass is 222 g/mol. The second kappa shape index (κ2) is 4.53. The Hall–Kier alpha value is -1.55. The highest BCUT2D eigenvalue weighted by atomic mass is 16.8. The quantitative estimate of drug-likeness (QED) is 0.578. The van der Waals surface area contributed by atoms with Crippen LogP contribution in [0.1, 0.15) is 12.5 Å². The fraction of sp³-hybridized carbons (Fsp3) is 0.417. The van der Waals surface area contributed by atoms with Crippen LogP contribution >= 0.6 is 0 Å². The summed E-state index contributed by atoms with van der Waals surface area (Å²) in [6.45, 7) is 2.47. The summed E-state index contributed by atoms with van der Waals surface area (Å²) in [6.07, 6.45) is -0.108. The van der Waals surface area contributed by atoms with Crippen LogP contribution in [-0.2, 0) is 20.6 Å². The minimum absolute atomic E-state index is 0.306. The van der Waals surface area contributed by atoms with E-state index in [2.05, 4.69) is 0 Å². The predicted octanol–water partition coefficient (Wildman–Crippen LogP) is 2.13. The van der Waals surface area contributed by atoms with Crippen molar-refractivity contribution in [3.05, 3.63) is 35.9 Å². The van der Waals surface area contributed by atoms with Crippen LogP contribution in [0, 0.1) is 0 Å². The third kappa shape index (κ3) is 2.73. The maximum Gasteiger partial charge on any atom is 0.510 e. The van der Waals surface area contributed by atoms with Gasteiger partial charge in [0.2, 0.25) is 5.79 Å². The van der Waals surface area contributed by atoms with Crippen LogP contribution in [0.5, 0.6) is 0 Å². The van der Waals surface area contributed by atoms with Crippen molar-refractivity contribution in [2.75, 3.05) is 13.2 Å². The summed E-state index contributed by atoms with van der Waals surface area (Å²) in [5.74, 6) is -0.798. The van der Waals surface area contributed by atoms with Gasteiger partial charge >= 0.3 is 6.16 Å². The minimum Gasteiger partial charge on any atom is -0.435 e. The van der Waals surface area contributed by atoms with Gasteiger partial charge in [-0.25, -0.2) is 4.79 Å². The van der Waals surface area contributed by atoms with Crippen molar-refractivity contribution < 1.29 is 19.0 Å². The van der Waals surface area contributed by atoms with E-state index >= 15 is 0 Å². The van der Waals surface area contributed by atoms with Gasteiger partial charge in [0.15, 0.2) is 0 Å². The van der Waals surface area contributed by atoms with Gasteiger partial charge in [-0.2, -0.15) is 0 Å². The van der Waals surface area contributed by atoms with E-state index < -0.39 is 11.9 Å². The molecule has 0 aliphatic carbocycles. The molecule has 4 heteroatoms. The minimum atomic E-state index is -0.798. The van der Waals surface area contributed by atoms with E-state index in [0.717, 1.165) is 5.56 Å². The molecule has 0 aromatic heterocycles. The normalized spacial score (nSPS) is 22.6. The van der Waals surface area contributed by atoms with Crippen molar-refractivity contribution >= 4 is 6.16 Å². The summed E-state index contributed by atoms with van der Waals surface area (Å²) in [4.78, 5) is 11.2. The fourth-order valence-electron chi connectivity index (χ4n) is 1.48. The number of benzene rings is 1. The molecule has 0 N–H and O–H groups in total. The Kier molecular flexibility index (Phi) is 3.10. The Morgan fingerprint density at radius 2 is 2.12 bits per heavy atom. The molecule has 86 valence electrons. The Morgan fingerprint density at radius 1 is 1.44 bits per heavy atom. The first-order valence-electron chi connectivity index (χ1n) is 5.28. The summed E-state index contributed by atoms with van der Waals surface area (Å²) in [7, 11) is 0. The highest BCUT2D eigenvalue weighted by Gasteiger charge is 2.49. The number of hydrogen-bond acceptors (Lipinski definition) is 4. The maximum atomic E-state index is 11.2. The Balaban J connectivity index is 1.92. The number of rotatable bonds is 4. The Morgan fingerprint density at radius 3 is 2.69 bits per heavy atom. The molecule has 0 amide bonds. The summed E-state index contributed by atoms with van der Waals surface area (Å²) in [5.41, 5.74) is 1.07. The zero-order valence-electron chi connectivity index (χ0n) is 9.14. The lowest BCUT2D eigenvalue weighted by Crippen LogP contribution is -2.24. The first-order chi connectivity index (χ1) is 7.74. The molecule has 4 nitrogen and oxygen atoms in total. The lowest BCUT2D eigenvalue weighted by molar-refractivity contribution is -0.0324. The van der Waals surface area contributed by atoms with Crippen LogP contribution in [0.4, 0.5) is 4.79 Å².